The van der Waals surface area contributed by atoms with Gasteiger partial charge < -0.3 is 15.0 Å². The molecule has 0 aliphatic rings. The highest BCUT2D eigenvalue weighted by Gasteiger charge is 2.17. The van der Waals surface area contributed by atoms with E-state index in [0.717, 1.165) is 22.2 Å². The Labute approximate surface area is 139 Å². The summed E-state index contributed by atoms with van der Waals surface area (Å²) >= 11 is 0. The van der Waals surface area contributed by atoms with Crippen LogP contribution < -0.4 is 5.32 Å². The van der Waals surface area contributed by atoms with Gasteiger partial charge in [0.2, 0.25) is 0 Å². The van der Waals surface area contributed by atoms with Crippen LogP contribution in [-0.4, -0.2) is 24.0 Å². The molecule has 2 N–H and O–H groups in total. The molecule has 0 radical (unpaired) electrons. The predicted molar refractivity (Wildman–Crippen MR) is 93.5 cm³/mol. The molecule has 1 heterocycles. The minimum atomic E-state index is -0.440. The van der Waals surface area contributed by atoms with Crippen molar-refractivity contribution in [3.8, 4) is 0 Å². The Morgan fingerprint density at radius 1 is 1.08 bits per heavy atom. The van der Waals surface area contributed by atoms with E-state index in [4.69, 9.17) is 4.74 Å². The molecule has 3 aromatic rings. The quantitative estimate of drug-likeness (QED) is 0.720. The van der Waals surface area contributed by atoms with Gasteiger partial charge in [0.25, 0.3) is 5.91 Å². The van der Waals surface area contributed by atoms with E-state index in [-0.39, 0.29) is 5.91 Å². The monoisotopic (exact) mass is 322 g/mol. The average molecular weight is 322 g/mol. The Bertz CT molecular complexity index is 941. The van der Waals surface area contributed by atoms with E-state index >= 15 is 0 Å². The average Bonchev–Trinajstić information content (AvgIpc) is 2.89. The van der Waals surface area contributed by atoms with E-state index in [1.54, 1.807) is 24.3 Å². The molecular weight excluding hydrogens is 304 g/mol. The molecule has 0 fully saturated rings. The molecule has 0 saturated heterocycles. The predicted octanol–water partition coefficient (Wildman–Crippen LogP) is 3.82. The zero-order chi connectivity index (χ0) is 17.3. The number of amides is 1. The first-order valence-electron chi connectivity index (χ1n) is 7.58. The molecule has 5 nitrogen and oxygen atoms in total. The van der Waals surface area contributed by atoms with Crippen molar-refractivity contribution in [1.82, 2.24) is 4.98 Å². The van der Waals surface area contributed by atoms with E-state index in [1.165, 1.54) is 7.11 Å². The molecule has 2 aromatic carbocycles. The van der Waals surface area contributed by atoms with E-state index in [0.29, 0.717) is 16.8 Å². The van der Waals surface area contributed by atoms with Crippen molar-refractivity contribution in [2.45, 2.75) is 13.8 Å². The molecule has 0 unspecified atom stereocenters. The van der Waals surface area contributed by atoms with Crippen LogP contribution in [0.2, 0.25) is 0 Å². The lowest BCUT2D eigenvalue weighted by molar-refractivity contribution is 0.0600. The van der Waals surface area contributed by atoms with Gasteiger partial charge in [0.05, 0.1) is 18.2 Å². The number of aryl methyl sites for hydroxylation is 2. The third-order valence-corrected chi connectivity index (χ3v) is 3.91. The van der Waals surface area contributed by atoms with Gasteiger partial charge in [-0.1, -0.05) is 17.7 Å². The Morgan fingerprint density at radius 3 is 2.62 bits per heavy atom. The molecule has 5 heteroatoms. The fourth-order valence-electron chi connectivity index (χ4n) is 2.77. The lowest BCUT2D eigenvalue weighted by Gasteiger charge is -2.07. The van der Waals surface area contributed by atoms with Crippen LogP contribution in [0.15, 0.2) is 42.5 Å². The van der Waals surface area contributed by atoms with Gasteiger partial charge in [-0.05, 0) is 44.2 Å². The summed E-state index contributed by atoms with van der Waals surface area (Å²) in [6.45, 7) is 3.86. The van der Waals surface area contributed by atoms with Gasteiger partial charge in [-0.25, -0.2) is 4.79 Å². The first-order valence-corrected chi connectivity index (χ1v) is 7.58. The van der Waals surface area contributed by atoms with Crippen molar-refractivity contribution < 1.29 is 14.3 Å². The number of carbonyl (C=O) groups excluding carboxylic acids is 2. The fourth-order valence-corrected chi connectivity index (χ4v) is 2.77. The van der Waals surface area contributed by atoms with Gasteiger partial charge in [0.15, 0.2) is 0 Å². The standard InChI is InChI=1S/C19H18N2O3/c1-11-7-8-16-15(9-11)17(12(2)20-16)18(22)21-14-6-4-5-13(10-14)19(23)24-3/h4-10,20H,1-3H3,(H,21,22). The van der Waals surface area contributed by atoms with Crippen LogP contribution >= 0.6 is 0 Å². The van der Waals surface area contributed by atoms with Crippen LogP contribution in [0.3, 0.4) is 0 Å². The van der Waals surface area contributed by atoms with Crippen LogP contribution in [0.4, 0.5) is 5.69 Å². The van der Waals surface area contributed by atoms with E-state index in [1.807, 2.05) is 32.0 Å². The lowest BCUT2D eigenvalue weighted by atomic mass is 10.1. The smallest absolute Gasteiger partial charge is 0.337 e. The number of anilines is 1. The molecule has 0 aliphatic carbocycles. The van der Waals surface area contributed by atoms with E-state index in [9.17, 15) is 9.59 Å². The van der Waals surface area contributed by atoms with Crippen molar-refractivity contribution in [2.24, 2.45) is 0 Å². The Morgan fingerprint density at radius 2 is 1.88 bits per heavy atom. The first kappa shape index (κ1) is 15.8. The van der Waals surface area contributed by atoms with Crippen LogP contribution in [0, 0.1) is 13.8 Å². The van der Waals surface area contributed by atoms with E-state index in [2.05, 4.69) is 10.3 Å². The van der Waals surface area contributed by atoms with Crippen molar-refractivity contribution in [1.29, 1.82) is 0 Å². The largest absolute Gasteiger partial charge is 0.465 e. The topological polar surface area (TPSA) is 71.2 Å². The normalized spacial score (nSPS) is 10.6. The maximum atomic E-state index is 12.7. The Kier molecular flexibility index (Phi) is 4.08. The summed E-state index contributed by atoms with van der Waals surface area (Å²) in [6, 6.07) is 12.6. The van der Waals surface area contributed by atoms with Crippen LogP contribution in [0.25, 0.3) is 10.9 Å². The SMILES string of the molecule is COC(=O)c1cccc(NC(=O)c2c(C)[nH]c3ccc(C)cc23)c1. The molecule has 0 bridgehead atoms. The Hall–Kier alpha value is -3.08. The maximum absolute atomic E-state index is 12.7. The van der Waals surface area contributed by atoms with Gasteiger partial charge in [0, 0.05) is 22.3 Å². The minimum Gasteiger partial charge on any atom is -0.465 e. The number of fused-ring (bicyclic) bond motifs is 1. The second-order valence-electron chi connectivity index (χ2n) is 5.70. The summed E-state index contributed by atoms with van der Waals surface area (Å²) in [7, 11) is 1.32. The third kappa shape index (κ3) is 2.88. The Balaban J connectivity index is 1.95. The first-order chi connectivity index (χ1) is 11.5. The fraction of sp³-hybridized carbons (Fsp3) is 0.158. The molecule has 24 heavy (non-hydrogen) atoms. The van der Waals surface area contributed by atoms with Gasteiger partial charge in [-0.3, -0.25) is 4.79 Å². The van der Waals surface area contributed by atoms with Crippen LogP contribution in [0.1, 0.15) is 32.0 Å². The number of aromatic amines is 1. The molecule has 3 rings (SSSR count). The lowest BCUT2D eigenvalue weighted by Crippen LogP contribution is -2.13. The number of benzene rings is 2. The molecule has 0 saturated carbocycles. The summed E-state index contributed by atoms with van der Waals surface area (Å²) in [6.07, 6.45) is 0. The number of hydrogen-bond acceptors (Lipinski definition) is 3. The summed E-state index contributed by atoms with van der Waals surface area (Å²) < 4.78 is 4.70. The van der Waals surface area contributed by atoms with Crippen molar-refractivity contribution in [3.63, 3.8) is 0 Å². The highest BCUT2D eigenvalue weighted by Crippen LogP contribution is 2.24. The molecule has 1 aromatic heterocycles. The maximum Gasteiger partial charge on any atom is 0.337 e. The minimum absolute atomic E-state index is 0.216. The molecule has 122 valence electrons. The van der Waals surface area contributed by atoms with Crippen LogP contribution in [0.5, 0.6) is 0 Å². The number of hydrogen-bond donors (Lipinski definition) is 2. The van der Waals surface area contributed by atoms with Gasteiger partial charge in [0.1, 0.15) is 0 Å². The highest BCUT2D eigenvalue weighted by atomic mass is 16.5. The molecule has 0 atom stereocenters. The number of H-pyrrole nitrogens is 1. The van der Waals surface area contributed by atoms with Gasteiger partial charge in [-0.15, -0.1) is 0 Å². The number of ether oxygens (including phenoxy) is 1. The summed E-state index contributed by atoms with van der Waals surface area (Å²) in [4.78, 5) is 27.6. The zero-order valence-corrected chi connectivity index (χ0v) is 13.8. The highest BCUT2D eigenvalue weighted by molar-refractivity contribution is 6.14. The molecule has 0 spiro atoms. The molecule has 1 amide bonds. The molecule has 0 aliphatic heterocycles. The number of methoxy groups -OCH3 is 1. The second kappa shape index (κ2) is 6.20. The summed E-state index contributed by atoms with van der Waals surface area (Å²) in [5.74, 6) is -0.656. The van der Waals surface area contributed by atoms with Crippen LogP contribution in [-0.2, 0) is 4.74 Å². The number of esters is 1. The zero-order valence-electron chi connectivity index (χ0n) is 13.8. The summed E-state index contributed by atoms with van der Waals surface area (Å²) in [5, 5.41) is 3.73. The van der Waals surface area contributed by atoms with Crippen molar-refractivity contribution in [2.75, 3.05) is 12.4 Å². The molecular formula is C19H18N2O3. The second-order valence-corrected chi connectivity index (χ2v) is 5.70. The number of nitrogens with one attached hydrogen (secondary N) is 2. The summed E-state index contributed by atoms with van der Waals surface area (Å²) in [5.41, 5.74) is 4.36. The number of aromatic nitrogens is 1. The third-order valence-electron chi connectivity index (χ3n) is 3.91. The number of rotatable bonds is 3. The number of carbonyl (C=O) groups is 2. The van der Waals surface area contributed by atoms with Crippen molar-refractivity contribution in [3.05, 3.63) is 64.8 Å². The van der Waals surface area contributed by atoms with Crippen molar-refractivity contribution >= 4 is 28.5 Å². The van der Waals surface area contributed by atoms with E-state index < -0.39 is 5.97 Å². The van der Waals surface area contributed by atoms with Gasteiger partial charge >= 0.3 is 5.97 Å². The van der Waals surface area contributed by atoms with Gasteiger partial charge in [-0.2, -0.15) is 0 Å².